The second kappa shape index (κ2) is 7.21. The number of rotatable bonds is 7. The first-order valence-corrected chi connectivity index (χ1v) is 7.49. The fraction of sp³-hybridized carbons (Fsp3) is 0.500. The fourth-order valence-corrected chi connectivity index (χ4v) is 2.51. The van der Waals surface area contributed by atoms with E-state index in [1.54, 1.807) is 12.0 Å². The summed E-state index contributed by atoms with van der Waals surface area (Å²) in [7, 11) is 1.58. The van der Waals surface area contributed by atoms with Crippen molar-refractivity contribution in [3.05, 3.63) is 29.7 Å². The number of hydrogen-bond donors (Lipinski definition) is 1. The molecule has 10 nitrogen and oxygen atoms in total. The van der Waals surface area contributed by atoms with Crippen molar-refractivity contribution in [3.63, 3.8) is 0 Å². The monoisotopic (exact) mass is 335 g/mol. The van der Waals surface area contributed by atoms with E-state index in [0.717, 1.165) is 0 Å². The van der Waals surface area contributed by atoms with E-state index in [0.29, 0.717) is 37.7 Å². The van der Waals surface area contributed by atoms with E-state index in [1.165, 1.54) is 12.3 Å². The molecule has 2 aromatic heterocycles. The molecule has 0 unspecified atom stereocenters. The normalized spacial score (nSPS) is 17.5. The van der Waals surface area contributed by atoms with E-state index >= 15 is 0 Å². The van der Waals surface area contributed by atoms with Crippen molar-refractivity contribution in [2.24, 2.45) is 0 Å². The summed E-state index contributed by atoms with van der Waals surface area (Å²) in [6.07, 6.45) is 2.44. The first kappa shape index (κ1) is 16.1. The zero-order chi connectivity index (χ0) is 16.9. The Hall–Kier alpha value is -2.75. The van der Waals surface area contributed by atoms with Crippen LogP contribution in [0.4, 0.5) is 0 Å². The predicted molar refractivity (Wildman–Crippen MR) is 77.5 cm³/mol. The van der Waals surface area contributed by atoms with E-state index in [2.05, 4.69) is 20.6 Å². The van der Waals surface area contributed by atoms with Gasteiger partial charge in [-0.25, -0.2) is 0 Å². The van der Waals surface area contributed by atoms with Crippen LogP contribution < -0.4 is 5.32 Å². The van der Waals surface area contributed by atoms with Crippen LogP contribution in [-0.2, 0) is 16.1 Å². The molecule has 1 saturated heterocycles. The van der Waals surface area contributed by atoms with E-state index in [1.807, 2.05) is 0 Å². The van der Waals surface area contributed by atoms with Crippen LogP contribution in [0.2, 0.25) is 0 Å². The molecule has 1 fully saturated rings. The average molecular weight is 335 g/mol. The average Bonchev–Trinajstić information content (AvgIpc) is 3.32. The van der Waals surface area contributed by atoms with Gasteiger partial charge in [0.1, 0.15) is 6.04 Å². The Bertz CT molecular complexity index is 698. The van der Waals surface area contributed by atoms with Gasteiger partial charge in [-0.1, -0.05) is 10.3 Å². The Balaban J connectivity index is 1.60. The Morgan fingerprint density at radius 2 is 2.38 bits per heavy atom. The molecule has 3 heterocycles. The molecule has 2 amide bonds. The molecule has 10 heteroatoms. The van der Waals surface area contributed by atoms with Crippen molar-refractivity contribution >= 4 is 11.8 Å². The number of ether oxygens (including phenoxy) is 1. The molecule has 0 aliphatic carbocycles. The molecule has 3 rings (SSSR count). The zero-order valence-corrected chi connectivity index (χ0v) is 13.1. The molecular formula is C14H17N5O5. The molecule has 0 spiro atoms. The molecular weight excluding hydrogens is 318 g/mol. The van der Waals surface area contributed by atoms with Gasteiger partial charge in [-0.3, -0.25) is 9.59 Å². The first-order valence-electron chi connectivity index (χ1n) is 7.49. The van der Waals surface area contributed by atoms with Crippen LogP contribution in [0.15, 0.2) is 21.3 Å². The molecule has 0 bridgehead atoms. The maximum Gasteiger partial charge on any atom is 0.290 e. The molecule has 1 aliphatic heterocycles. The molecule has 0 radical (unpaired) electrons. The minimum atomic E-state index is -0.420. The van der Waals surface area contributed by atoms with Crippen LogP contribution in [0.5, 0.6) is 0 Å². The molecule has 2 aromatic rings. The SMILES string of the molecule is COCCN1C(=O)CC[C@H]1c1nc(CNC(=O)c2ccno2)no1. The topological polar surface area (TPSA) is 124 Å². The standard InChI is InChI=1S/C14H17N5O5/c1-22-7-6-19-9(2-3-12(19)20)14-17-11(18-24-14)8-15-13(21)10-4-5-16-23-10/h4-5,9H,2-3,6-8H2,1H3,(H,15,21)/t9-/m0/s1. The number of methoxy groups -OCH3 is 1. The third kappa shape index (κ3) is 3.43. The van der Waals surface area contributed by atoms with Gasteiger partial charge in [0, 0.05) is 26.1 Å². The largest absolute Gasteiger partial charge is 0.383 e. The van der Waals surface area contributed by atoms with E-state index in [4.69, 9.17) is 13.8 Å². The number of likely N-dealkylation sites (tertiary alicyclic amines) is 1. The van der Waals surface area contributed by atoms with Crippen LogP contribution >= 0.6 is 0 Å². The second-order valence-electron chi connectivity index (χ2n) is 5.24. The molecule has 128 valence electrons. The summed E-state index contributed by atoms with van der Waals surface area (Å²) in [5.41, 5.74) is 0. The van der Waals surface area contributed by atoms with Gasteiger partial charge in [0.25, 0.3) is 5.91 Å². The molecule has 1 atom stereocenters. The summed E-state index contributed by atoms with van der Waals surface area (Å²) >= 11 is 0. The molecule has 1 aliphatic rings. The number of nitrogens with zero attached hydrogens (tertiary/aromatic N) is 4. The first-order chi connectivity index (χ1) is 11.7. The number of carbonyl (C=O) groups is 2. The van der Waals surface area contributed by atoms with E-state index in [9.17, 15) is 9.59 Å². The zero-order valence-electron chi connectivity index (χ0n) is 13.1. The van der Waals surface area contributed by atoms with Gasteiger partial charge in [0.15, 0.2) is 5.82 Å². The highest BCUT2D eigenvalue weighted by atomic mass is 16.5. The van der Waals surface area contributed by atoms with E-state index < -0.39 is 5.91 Å². The summed E-state index contributed by atoms with van der Waals surface area (Å²) in [5, 5.41) is 9.90. The summed E-state index contributed by atoms with van der Waals surface area (Å²) in [6.45, 7) is 0.998. The number of nitrogens with one attached hydrogen (secondary N) is 1. The van der Waals surface area contributed by atoms with Gasteiger partial charge < -0.3 is 24.0 Å². The van der Waals surface area contributed by atoms with Crippen molar-refractivity contribution < 1.29 is 23.4 Å². The third-order valence-corrected chi connectivity index (χ3v) is 3.70. The number of carbonyl (C=O) groups excluding carboxylic acids is 2. The van der Waals surface area contributed by atoms with Gasteiger partial charge in [-0.2, -0.15) is 4.98 Å². The van der Waals surface area contributed by atoms with Gasteiger partial charge in [-0.05, 0) is 6.42 Å². The Morgan fingerprint density at radius 1 is 1.50 bits per heavy atom. The predicted octanol–water partition coefficient (Wildman–Crippen LogP) is 0.297. The lowest BCUT2D eigenvalue weighted by molar-refractivity contribution is -0.130. The Labute approximate surface area is 137 Å². The highest BCUT2D eigenvalue weighted by Gasteiger charge is 2.35. The fourth-order valence-electron chi connectivity index (χ4n) is 2.51. The van der Waals surface area contributed by atoms with Crippen LogP contribution in [0.25, 0.3) is 0 Å². The van der Waals surface area contributed by atoms with Crippen molar-refractivity contribution in [2.75, 3.05) is 20.3 Å². The molecule has 0 aromatic carbocycles. The van der Waals surface area contributed by atoms with Crippen LogP contribution in [0.3, 0.4) is 0 Å². The lowest BCUT2D eigenvalue weighted by Crippen LogP contribution is -2.31. The lowest BCUT2D eigenvalue weighted by atomic mass is 10.2. The quantitative estimate of drug-likeness (QED) is 0.766. The van der Waals surface area contributed by atoms with Crippen molar-refractivity contribution in [2.45, 2.75) is 25.4 Å². The smallest absolute Gasteiger partial charge is 0.290 e. The summed E-state index contributed by atoms with van der Waals surface area (Å²) in [4.78, 5) is 29.6. The summed E-state index contributed by atoms with van der Waals surface area (Å²) in [6, 6.07) is 1.20. The molecule has 24 heavy (non-hydrogen) atoms. The lowest BCUT2D eigenvalue weighted by Gasteiger charge is -2.21. The van der Waals surface area contributed by atoms with Gasteiger partial charge >= 0.3 is 0 Å². The van der Waals surface area contributed by atoms with Crippen LogP contribution in [0.1, 0.15) is 41.2 Å². The van der Waals surface area contributed by atoms with Crippen LogP contribution in [-0.4, -0.2) is 52.3 Å². The maximum absolute atomic E-state index is 11.9. The number of hydrogen-bond acceptors (Lipinski definition) is 8. The molecule has 0 saturated carbocycles. The summed E-state index contributed by atoms with van der Waals surface area (Å²) < 4.78 is 15.0. The number of amides is 2. The Kier molecular flexibility index (Phi) is 4.85. The Morgan fingerprint density at radius 3 is 3.12 bits per heavy atom. The van der Waals surface area contributed by atoms with Crippen molar-refractivity contribution in [1.82, 2.24) is 25.5 Å². The number of aromatic nitrogens is 3. The third-order valence-electron chi connectivity index (χ3n) is 3.70. The van der Waals surface area contributed by atoms with Gasteiger partial charge in [-0.15, -0.1) is 0 Å². The van der Waals surface area contributed by atoms with Gasteiger partial charge in [0.05, 0.1) is 19.3 Å². The second-order valence-corrected chi connectivity index (χ2v) is 5.24. The van der Waals surface area contributed by atoms with E-state index in [-0.39, 0.29) is 24.3 Å². The summed E-state index contributed by atoms with van der Waals surface area (Å²) in [5.74, 6) is 0.405. The minimum absolute atomic E-state index is 0.0374. The van der Waals surface area contributed by atoms with Crippen molar-refractivity contribution in [1.29, 1.82) is 0 Å². The highest BCUT2D eigenvalue weighted by molar-refractivity contribution is 5.91. The van der Waals surface area contributed by atoms with Gasteiger partial charge in [0.2, 0.25) is 17.6 Å². The van der Waals surface area contributed by atoms with Crippen molar-refractivity contribution in [3.8, 4) is 0 Å². The van der Waals surface area contributed by atoms with Crippen LogP contribution in [0, 0.1) is 0 Å². The highest BCUT2D eigenvalue weighted by Crippen LogP contribution is 2.31. The minimum Gasteiger partial charge on any atom is -0.383 e. The maximum atomic E-state index is 11.9. The molecule has 1 N–H and O–H groups in total.